The number of aryl methyl sites for hydroxylation is 1. The number of nitrogens with zero attached hydrogens (tertiary/aromatic N) is 5. The van der Waals surface area contributed by atoms with Crippen molar-refractivity contribution in [1.82, 2.24) is 9.97 Å². The van der Waals surface area contributed by atoms with Gasteiger partial charge in [-0.1, -0.05) is 11.8 Å². The van der Waals surface area contributed by atoms with E-state index in [1.807, 2.05) is 30.0 Å². The SMILES string of the molecule is COc1nc(N2CC3CSC(N)=NC3(c3cc(N(C)C)ccc3F)C2)nc(C)c1F. The van der Waals surface area contributed by atoms with Crippen LogP contribution in [-0.4, -0.2) is 55.2 Å². The lowest BCUT2D eigenvalue weighted by Gasteiger charge is -2.35. The van der Waals surface area contributed by atoms with Crippen LogP contribution in [0.1, 0.15) is 11.3 Å². The highest BCUT2D eigenvalue weighted by Gasteiger charge is 2.52. The molecule has 0 amide bonds. The third-order valence-electron chi connectivity index (χ3n) is 5.67. The van der Waals surface area contributed by atoms with Gasteiger partial charge in [0, 0.05) is 43.6 Å². The first kappa shape index (κ1) is 20.6. The van der Waals surface area contributed by atoms with Crippen molar-refractivity contribution in [3.05, 3.63) is 41.1 Å². The number of methoxy groups -OCH3 is 1. The van der Waals surface area contributed by atoms with Crippen LogP contribution in [0.15, 0.2) is 23.2 Å². The maximum absolute atomic E-state index is 15.1. The van der Waals surface area contributed by atoms with Crippen molar-refractivity contribution in [2.75, 3.05) is 49.8 Å². The Morgan fingerprint density at radius 3 is 2.77 bits per heavy atom. The van der Waals surface area contributed by atoms with Crippen LogP contribution in [0.5, 0.6) is 5.88 Å². The van der Waals surface area contributed by atoms with Gasteiger partial charge < -0.3 is 20.3 Å². The van der Waals surface area contributed by atoms with E-state index in [0.717, 1.165) is 5.69 Å². The Bertz CT molecular complexity index is 1020. The van der Waals surface area contributed by atoms with Crippen LogP contribution in [0, 0.1) is 24.5 Å². The van der Waals surface area contributed by atoms with E-state index in [2.05, 4.69) is 9.97 Å². The van der Waals surface area contributed by atoms with Gasteiger partial charge in [0.15, 0.2) is 5.17 Å². The number of aliphatic imine (C=N–C) groups is 1. The molecule has 2 aliphatic rings. The largest absolute Gasteiger partial charge is 0.479 e. The lowest BCUT2D eigenvalue weighted by Crippen LogP contribution is -2.41. The number of hydrogen-bond donors (Lipinski definition) is 1. The molecule has 10 heteroatoms. The molecular weight excluding hydrogens is 410 g/mol. The smallest absolute Gasteiger partial charge is 0.255 e. The van der Waals surface area contributed by atoms with Gasteiger partial charge in [0.1, 0.15) is 11.4 Å². The number of rotatable bonds is 4. The molecule has 2 aromatic rings. The zero-order chi connectivity index (χ0) is 21.6. The number of hydrogen-bond acceptors (Lipinski definition) is 8. The first-order valence-electron chi connectivity index (χ1n) is 9.53. The molecule has 2 atom stereocenters. The highest BCUT2D eigenvalue weighted by atomic mass is 32.2. The van der Waals surface area contributed by atoms with E-state index in [-0.39, 0.29) is 23.3 Å². The standard InChI is InChI=1S/C20H24F2N6OS/c1-11-16(22)17(29-4)25-19(24-11)28-8-12-9-30-18(23)26-20(12,10-28)14-7-13(27(2)3)5-6-15(14)21/h5-7,12H,8-10H2,1-4H3,(H2,23,26). The van der Waals surface area contributed by atoms with Crippen molar-refractivity contribution in [2.45, 2.75) is 12.5 Å². The van der Waals surface area contributed by atoms with Gasteiger partial charge >= 0.3 is 0 Å². The van der Waals surface area contributed by atoms with Crippen LogP contribution in [-0.2, 0) is 5.54 Å². The number of thioether (sulfide) groups is 1. The zero-order valence-corrected chi connectivity index (χ0v) is 18.1. The molecule has 2 aliphatic heterocycles. The molecule has 160 valence electrons. The van der Waals surface area contributed by atoms with Gasteiger partial charge in [-0.3, -0.25) is 0 Å². The Morgan fingerprint density at radius 1 is 1.30 bits per heavy atom. The fourth-order valence-electron chi connectivity index (χ4n) is 4.07. The summed E-state index contributed by atoms with van der Waals surface area (Å²) in [5.41, 5.74) is 6.79. The molecule has 3 heterocycles. The van der Waals surface area contributed by atoms with Gasteiger partial charge in [-0.15, -0.1) is 0 Å². The summed E-state index contributed by atoms with van der Waals surface area (Å²) in [4.78, 5) is 17.1. The summed E-state index contributed by atoms with van der Waals surface area (Å²) >= 11 is 1.46. The van der Waals surface area contributed by atoms with Crippen LogP contribution in [0.2, 0.25) is 0 Å². The number of halogens is 2. The van der Waals surface area contributed by atoms with Gasteiger partial charge in [0.2, 0.25) is 11.8 Å². The van der Waals surface area contributed by atoms with Crippen LogP contribution in [0.4, 0.5) is 20.4 Å². The molecule has 4 rings (SSSR count). The van der Waals surface area contributed by atoms with Crippen LogP contribution >= 0.6 is 11.8 Å². The van der Waals surface area contributed by atoms with Gasteiger partial charge in [-0.05, 0) is 25.1 Å². The van der Waals surface area contributed by atoms with Crippen LogP contribution in [0.3, 0.4) is 0 Å². The summed E-state index contributed by atoms with van der Waals surface area (Å²) < 4.78 is 34.3. The summed E-state index contributed by atoms with van der Waals surface area (Å²) in [5, 5.41) is 0.427. The van der Waals surface area contributed by atoms with Gasteiger partial charge in [-0.2, -0.15) is 9.37 Å². The quantitative estimate of drug-likeness (QED) is 0.792. The average Bonchev–Trinajstić information content (AvgIpc) is 3.09. The lowest BCUT2D eigenvalue weighted by atomic mass is 9.81. The first-order chi connectivity index (χ1) is 14.2. The second kappa shape index (κ2) is 7.57. The molecule has 7 nitrogen and oxygen atoms in total. The maximum Gasteiger partial charge on any atom is 0.255 e. The van der Waals surface area contributed by atoms with Crippen molar-refractivity contribution < 1.29 is 13.5 Å². The predicted molar refractivity (Wildman–Crippen MR) is 115 cm³/mol. The van der Waals surface area contributed by atoms with Crippen molar-refractivity contribution in [2.24, 2.45) is 16.6 Å². The molecule has 0 radical (unpaired) electrons. The maximum atomic E-state index is 15.1. The van der Waals surface area contributed by atoms with Gasteiger partial charge in [0.25, 0.3) is 5.88 Å². The van der Waals surface area contributed by atoms with E-state index < -0.39 is 11.4 Å². The number of nitrogens with two attached hydrogens (primary N) is 1. The topological polar surface area (TPSA) is 79.9 Å². The molecule has 1 fully saturated rings. The summed E-state index contributed by atoms with van der Waals surface area (Å²) in [5.74, 6) is -0.0158. The number of amidine groups is 1. The normalized spacial score (nSPS) is 23.2. The molecule has 1 aromatic heterocycles. The molecule has 1 aromatic carbocycles. The van der Waals surface area contributed by atoms with Gasteiger partial charge in [-0.25, -0.2) is 14.4 Å². The second-order valence-corrected chi connectivity index (χ2v) is 8.79. The third-order valence-corrected chi connectivity index (χ3v) is 6.63. The first-order valence-corrected chi connectivity index (χ1v) is 10.5. The van der Waals surface area contributed by atoms with Crippen molar-refractivity contribution in [1.29, 1.82) is 0 Å². The number of benzene rings is 1. The fourth-order valence-corrected chi connectivity index (χ4v) is 5.05. The van der Waals surface area contributed by atoms with Crippen LogP contribution in [0.25, 0.3) is 0 Å². The Balaban J connectivity index is 1.82. The van der Waals surface area contributed by atoms with E-state index >= 15 is 4.39 Å². The molecule has 1 saturated heterocycles. The Labute approximate surface area is 178 Å². The summed E-state index contributed by atoms with van der Waals surface area (Å²) in [6, 6.07) is 5.03. The highest BCUT2D eigenvalue weighted by molar-refractivity contribution is 8.13. The summed E-state index contributed by atoms with van der Waals surface area (Å²) in [7, 11) is 5.18. The van der Waals surface area contributed by atoms with Crippen molar-refractivity contribution in [3.8, 4) is 5.88 Å². The molecule has 0 aliphatic carbocycles. The number of ether oxygens (including phenoxy) is 1. The molecule has 2 N–H and O–H groups in total. The fraction of sp³-hybridized carbons (Fsp3) is 0.450. The van der Waals surface area contributed by atoms with E-state index in [0.29, 0.717) is 35.5 Å². The molecule has 0 spiro atoms. The average molecular weight is 435 g/mol. The Morgan fingerprint density at radius 2 is 2.07 bits per heavy atom. The minimum atomic E-state index is -0.871. The minimum absolute atomic E-state index is 0.0123. The third kappa shape index (κ3) is 3.32. The minimum Gasteiger partial charge on any atom is -0.479 e. The number of anilines is 2. The van der Waals surface area contributed by atoms with E-state index in [9.17, 15) is 4.39 Å². The molecule has 30 heavy (non-hydrogen) atoms. The zero-order valence-electron chi connectivity index (χ0n) is 17.3. The Kier molecular flexibility index (Phi) is 5.21. The van der Waals surface area contributed by atoms with E-state index in [1.54, 1.807) is 13.0 Å². The summed E-state index contributed by atoms with van der Waals surface area (Å²) in [6.45, 7) is 2.44. The second-order valence-electron chi connectivity index (χ2n) is 7.75. The number of aromatic nitrogens is 2. The highest BCUT2D eigenvalue weighted by Crippen LogP contribution is 2.47. The lowest BCUT2D eigenvalue weighted by molar-refractivity contribution is 0.364. The van der Waals surface area contributed by atoms with Crippen molar-refractivity contribution in [3.63, 3.8) is 0 Å². The predicted octanol–water partition coefficient (Wildman–Crippen LogP) is 2.53. The molecule has 0 bridgehead atoms. The van der Waals surface area contributed by atoms with Crippen molar-refractivity contribution >= 4 is 28.6 Å². The monoisotopic (exact) mass is 434 g/mol. The van der Waals surface area contributed by atoms with Gasteiger partial charge in [0.05, 0.1) is 19.3 Å². The molecule has 2 unspecified atom stereocenters. The Hall–Kier alpha value is -2.62. The summed E-state index contributed by atoms with van der Waals surface area (Å²) in [6.07, 6.45) is 0. The van der Waals surface area contributed by atoms with E-state index in [1.165, 1.54) is 24.9 Å². The molecule has 0 saturated carbocycles. The van der Waals surface area contributed by atoms with E-state index in [4.69, 9.17) is 15.5 Å². The van der Waals surface area contributed by atoms with Crippen LogP contribution < -0.4 is 20.3 Å². The number of fused-ring (bicyclic) bond motifs is 1. The molecular formula is C20H24F2N6OS.